The van der Waals surface area contributed by atoms with E-state index in [9.17, 15) is 34.1 Å². The van der Waals surface area contributed by atoms with Crippen molar-refractivity contribution in [3.05, 3.63) is 48.6 Å². The summed E-state index contributed by atoms with van der Waals surface area (Å²) in [4.78, 5) is 45.8. The number of ether oxygens (including phenoxy) is 1. The maximum atomic E-state index is 12.3. The van der Waals surface area contributed by atoms with Crippen molar-refractivity contribution in [2.75, 3.05) is 19.8 Å². The van der Waals surface area contributed by atoms with Crippen LogP contribution in [0.4, 0.5) is 0 Å². The van der Waals surface area contributed by atoms with Crippen LogP contribution in [0, 0.1) is 0 Å². The highest BCUT2D eigenvalue weighted by molar-refractivity contribution is 7.47. The van der Waals surface area contributed by atoms with Gasteiger partial charge in [0.2, 0.25) is 5.91 Å². The van der Waals surface area contributed by atoms with E-state index in [4.69, 9.17) is 13.8 Å². The van der Waals surface area contributed by atoms with E-state index in [1.165, 1.54) is 38.5 Å². The lowest BCUT2D eigenvalue weighted by Gasteiger charge is -2.18. The molecule has 0 aromatic heterocycles. The summed E-state index contributed by atoms with van der Waals surface area (Å²) in [5.74, 6) is -2.41. The standard InChI is InChI=1S/C42H74NO10P/c1-3-5-7-9-11-13-15-17-19-21-23-25-27-29-31-33-40(45)43-39(42(47)48)37-53-54(49,50)52-36-38(44)35-51-41(46)34-32-30-28-26-24-22-20-18-16-14-12-10-8-6-4-2/h5,7,11,13,17-20,38-39,44H,3-4,6,8-10,12,14-16,21-37H2,1-2H3,(H,43,45)(H,47,48)(H,49,50)/b7-5-,13-11-,19-17-,20-18-. The molecule has 4 N–H and O–H groups in total. The maximum absolute atomic E-state index is 12.3. The Bertz CT molecular complexity index is 1110. The first-order chi connectivity index (χ1) is 26.1. The van der Waals surface area contributed by atoms with Crippen LogP contribution in [0.25, 0.3) is 0 Å². The fraction of sp³-hybridized carbons (Fsp3) is 0.738. The molecule has 12 heteroatoms. The number of nitrogens with one attached hydrogen (secondary N) is 1. The maximum Gasteiger partial charge on any atom is 0.472 e. The van der Waals surface area contributed by atoms with Crippen molar-refractivity contribution in [3.63, 3.8) is 0 Å². The quantitative estimate of drug-likeness (QED) is 0.0205. The number of rotatable bonds is 38. The number of aliphatic hydroxyl groups excluding tert-OH is 1. The number of phosphoric acid groups is 1. The first kappa shape index (κ1) is 51.4. The van der Waals surface area contributed by atoms with Gasteiger partial charge in [-0.1, -0.05) is 133 Å². The predicted molar refractivity (Wildman–Crippen MR) is 217 cm³/mol. The summed E-state index contributed by atoms with van der Waals surface area (Å²) in [5.41, 5.74) is 0. The number of carbonyl (C=O) groups excluding carboxylic acids is 2. The second kappa shape index (κ2) is 37.4. The Morgan fingerprint density at radius 2 is 1.07 bits per heavy atom. The molecule has 0 aromatic carbocycles. The fourth-order valence-corrected chi connectivity index (χ4v) is 6.15. The smallest absolute Gasteiger partial charge is 0.472 e. The first-order valence-corrected chi connectivity index (χ1v) is 22.2. The molecule has 54 heavy (non-hydrogen) atoms. The molecule has 3 atom stereocenters. The van der Waals surface area contributed by atoms with E-state index in [1.807, 2.05) is 0 Å². The molecule has 0 aliphatic carbocycles. The highest BCUT2D eigenvalue weighted by atomic mass is 31.2. The number of allylic oxidation sites excluding steroid dienone is 8. The molecule has 0 fully saturated rings. The van der Waals surface area contributed by atoms with Gasteiger partial charge in [-0.05, 0) is 70.6 Å². The Labute approximate surface area is 326 Å². The van der Waals surface area contributed by atoms with Crippen molar-refractivity contribution < 1.29 is 47.8 Å². The van der Waals surface area contributed by atoms with Crippen molar-refractivity contribution in [2.45, 2.75) is 180 Å². The number of aliphatic hydroxyl groups is 1. The van der Waals surface area contributed by atoms with E-state index in [1.54, 1.807) is 0 Å². The lowest BCUT2D eigenvalue weighted by molar-refractivity contribution is -0.147. The number of aliphatic carboxylic acids is 1. The van der Waals surface area contributed by atoms with E-state index < -0.39 is 57.6 Å². The van der Waals surface area contributed by atoms with Crippen molar-refractivity contribution in [2.24, 2.45) is 0 Å². The molecule has 0 aromatic rings. The van der Waals surface area contributed by atoms with Crippen LogP contribution in [0.1, 0.15) is 168 Å². The Morgan fingerprint density at radius 1 is 0.611 bits per heavy atom. The van der Waals surface area contributed by atoms with Gasteiger partial charge < -0.3 is 25.2 Å². The van der Waals surface area contributed by atoms with Gasteiger partial charge in [-0.3, -0.25) is 18.6 Å². The van der Waals surface area contributed by atoms with Gasteiger partial charge in [0.25, 0.3) is 0 Å². The Hall–Kier alpha value is -2.56. The zero-order valence-electron chi connectivity index (χ0n) is 33.5. The van der Waals surface area contributed by atoms with Gasteiger partial charge in [-0.25, -0.2) is 9.36 Å². The second-order valence-electron chi connectivity index (χ2n) is 13.8. The molecular formula is C42H74NO10P. The number of hydrogen-bond donors (Lipinski definition) is 4. The molecular weight excluding hydrogens is 709 g/mol. The molecule has 0 heterocycles. The Kier molecular flexibility index (Phi) is 35.6. The minimum Gasteiger partial charge on any atom is -0.480 e. The van der Waals surface area contributed by atoms with Gasteiger partial charge in [-0.15, -0.1) is 0 Å². The SMILES string of the molecule is CC/C=C\C/C=C\C/C=C\CCCCCCCC(=O)NC(COP(=O)(O)OCC(O)COC(=O)CCCCCCC/C=C\CCCCCCCC)C(=O)O. The van der Waals surface area contributed by atoms with Crippen LogP contribution in [0.3, 0.4) is 0 Å². The van der Waals surface area contributed by atoms with Crippen LogP contribution in [-0.2, 0) is 32.7 Å². The zero-order valence-corrected chi connectivity index (χ0v) is 34.4. The summed E-state index contributed by atoms with van der Waals surface area (Å²) >= 11 is 0. The summed E-state index contributed by atoms with van der Waals surface area (Å²) in [6.45, 7) is 2.44. The second-order valence-corrected chi connectivity index (χ2v) is 15.2. The summed E-state index contributed by atoms with van der Waals surface area (Å²) in [7, 11) is -4.76. The Morgan fingerprint density at radius 3 is 1.63 bits per heavy atom. The summed E-state index contributed by atoms with van der Waals surface area (Å²) in [5, 5.41) is 21.8. The Balaban J connectivity index is 3.97. The number of carboxylic acid groups (broad SMARTS) is 1. The number of carboxylic acids is 1. The van der Waals surface area contributed by atoms with Crippen LogP contribution in [0.5, 0.6) is 0 Å². The van der Waals surface area contributed by atoms with Gasteiger partial charge >= 0.3 is 19.8 Å². The van der Waals surface area contributed by atoms with Gasteiger partial charge in [0.1, 0.15) is 12.7 Å². The minimum atomic E-state index is -4.76. The molecule has 0 rings (SSSR count). The number of esters is 1. The number of hydrogen-bond acceptors (Lipinski definition) is 8. The van der Waals surface area contributed by atoms with Crippen molar-refractivity contribution in [1.29, 1.82) is 0 Å². The number of unbranched alkanes of at least 4 members (excludes halogenated alkanes) is 16. The molecule has 1 amide bonds. The van der Waals surface area contributed by atoms with Crippen LogP contribution in [0.15, 0.2) is 48.6 Å². The third-order valence-corrected chi connectivity index (χ3v) is 9.55. The van der Waals surface area contributed by atoms with E-state index in [-0.39, 0.29) is 12.8 Å². The molecule has 0 aliphatic heterocycles. The largest absolute Gasteiger partial charge is 0.480 e. The third-order valence-electron chi connectivity index (χ3n) is 8.60. The van der Waals surface area contributed by atoms with Crippen molar-refractivity contribution in [1.82, 2.24) is 5.32 Å². The van der Waals surface area contributed by atoms with Crippen molar-refractivity contribution >= 4 is 25.7 Å². The molecule has 0 bridgehead atoms. The molecule has 0 radical (unpaired) electrons. The topological polar surface area (TPSA) is 169 Å². The molecule has 3 unspecified atom stereocenters. The molecule has 0 saturated heterocycles. The van der Waals surface area contributed by atoms with Crippen molar-refractivity contribution in [3.8, 4) is 0 Å². The molecule has 11 nitrogen and oxygen atoms in total. The minimum absolute atomic E-state index is 0.124. The number of carbonyl (C=O) groups is 3. The van der Waals surface area contributed by atoms with Crippen LogP contribution in [-0.4, -0.2) is 64.9 Å². The zero-order chi connectivity index (χ0) is 40.0. The summed E-state index contributed by atoms with van der Waals surface area (Å²) < 4.78 is 26.8. The summed E-state index contributed by atoms with van der Waals surface area (Å²) in [6, 6.07) is -1.56. The van der Waals surface area contributed by atoms with E-state index in [0.717, 1.165) is 89.9 Å². The summed E-state index contributed by atoms with van der Waals surface area (Å²) in [6.07, 6.45) is 39.9. The normalized spacial score (nSPS) is 14.3. The number of phosphoric ester groups is 1. The monoisotopic (exact) mass is 784 g/mol. The van der Waals surface area contributed by atoms with Crippen LogP contribution < -0.4 is 5.32 Å². The third kappa shape index (κ3) is 36.4. The van der Waals surface area contributed by atoms with Gasteiger partial charge in [0, 0.05) is 12.8 Å². The molecule has 0 saturated carbocycles. The van der Waals surface area contributed by atoms with E-state index >= 15 is 0 Å². The lowest BCUT2D eigenvalue weighted by Crippen LogP contribution is -2.43. The van der Waals surface area contributed by atoms with Gasteiger partial charge in [0.15, 0.2) is 6.04 Å². The molecule has 0 spiro atoms. The average Bonchev–Trinajstić information content (AvgIpc) is 3.14. The average molecular weight is 784 g/mol. The molecule has 312 valence electrons. The first-order valence-electron chi connectivity index (χ1n) is 20.7. The predicted octanol–water partition coefficient (Wildman–Crippen LogP) is 10.2. The lowest BCUT2D eigenvalue weighted by atomic mass is 10.1. The highest BCUT2D eigenvalue weighted by Crippen LogP contribution is 2.43. The van der Waals surface area contributed by atoms with E-state index in [2.05, 4.69) is 67.8 Å². The van der Waals surface area contributed by atoms with Gasteiger partial charge in [0.05, 0.1) is 13.2 Å². The highest BCUT2D eigenvalue weighted by Gasteiger charge is 2.28. The van der Waals surface area contributed by atoms with Crippen LogP contribution in [0.2, 0.25) is 0 Å². The molecule has 0 aliphatic rings. The van der Waals surface area contributed by atoms with Crippen LogP contribution >= 0.6 is 7.82 Å². The van der Waals surface area contributed by atoms with Gasteiger partial charge in [-0.2, -0.15) is 0 Å². The fourth-order valence-electron chi connectivity index (χ4n) is 5.38. The number of amides is 1. The van der Waals surface area contributed by atoms with E-state index in [0.29, 0.717) is 12.8 Å².